The number of rotatable bonds is 8. The van der Waals surface area contributed by atoms with E-state index in [0.717, 1.165) is 23.9 Å². The Morgan fingerprint density at radius 2 is 1.74 bits per heavy atom. The standard InChI is InChI=1S/C19H20F2N2O3S/c1-12(16-8-3-13(20)9-17(16)21)22-18(24)10-27-11-19(25)23-14-4-6-15(26-2)7-5-14/h3-9,12H,10-11H2,1-2H3,(H,22,24)(H,23,25). The molecule has 2 aromatic carbocycles. The van der Waals surface area contributed by atoms with Crippen LogP contribution in [0.4, 0.5) is 14.5 Å². The third-order valence-corrected chi connectivity index (χ3v) is 4.58. The quantitative estimate of drug-likeness (QED) is 0.719. The fraction of sp³-hybridized carbons (Fsp3) is 0.263. The average molecular weight is 394 g/mol. The summed E-state index contributed by atoms with van der Waals surface area (Å²) in [7, 11) is 1.56. The van der Waals surface area contributed by atoms with Gasteiger partial charge in [-0.15, -0.1) is 11.8 Å². The number of hydrogen-bond acceptors (Lipinski definition) is 4. The highest BCUT2D eigenvalue weighted by molar-refractivity contribution is 8.00. The molecule has 0 aliphatic rings. The van der Waals surface area contributed by atoms with Crippen molar-refractivity contribution in [3.8, 4) is 5.75 Å². The Labute approximate surface area is 160 Å². The van der Waals surface area contributed by atoms with Crippen molar-refractivity contribution in [2.75, 3.05) is 23.9 Å². The Bertz CT molecular complexity index is 800. The van der Waals surface area contributed by atoms with Crippen molar-refractivity contribution in [1.29, 1.82) is 0 Å². The summed E-state index contributed by atoms with van der Waals surface area (Å²) in [6.45, 7) is 1.61. The van der Waals surface area contributed by atoms with E-state index < -0.39 is 17.7 Å². The van der Waals surface area contributed by atoms with E-state index in [9.17, 15) is 18.4 Å². The van der Waals surface area contributed by atoms with Crippen LogP contribution in [0.1, 0.15) is 18.5 Å². The van der Waals surface area contributed by atoms with Crippen LogP contribution < -0.4 is 15.4 Å². The van der Waals surface area contributed by atoms with E-state index in [2.05, 4.69) is 10.6 Å². The lowest BCUT2D eigenvalue weighted by Crippen LogP contribution is -2.29. The molecule has 2 rings (SSSR count). The third-order valence-electron chi connectivity index (χ3n) is 3.65. The second kappa shape index (κ2) is 9.91. The number of benzene rings is 2. The minimum absolute atomic E-state index is 0.0448. The minimum Gasteiger partial charge on any atom is -0.497 e. The Balaban J connectivity index is 1.73. The maximum Gasteiger partial charge on any atom is 0.234 e. The molecule has 1 atom stereocenters. The average Bonchev–Trinajstić information content (AvgIpc) is 2.62. The predicted molar refractivity (Wildman–Crippen MR) is 102 cm³/mol. The Kier molecular flexibility index (Phi) is 7.60. The lowest BCUT2D eigenvalue weighted by molar-refractivity contribution is -0.119. The van der Waals surface area contributed by atoms with Crippen LogP contribution in [0.3, 0.4) is 0 Å². The van der Waals surface area contributed by atoms with Crippen LogP contribution in [0.2, 0.25) is 0 Å². The molecule has 2 amide bonds. The van der Waals surface area contributed by atoms with Gasteiger partial charge in [0.1, 0.15) is 17.4 Å². The zero-order valence-corrected chi connectivity index (χ0v) is 15.7. The lowest BCUT2D eigenvalue weighted by Gasteiger charge is -2.15. The van der Waals surface area contributed by atoms with Crippen LogP contribution in [0.25, 0.3) is 0 Å². The molecule has 1 unspecified atom stereocenters. The van der Waals surface area contributed by atoms with Crippen molar-refractivity contribution in [2.24, 2.45) is 0 Å². The van der Waals surface area contributed by atoms with Gasteiger partial charge in [-0.25, -0.2) is 8.78 Å². The molecular weight excluding hydrogens is 374 g/mol. The molecule has 144 valence electrons. The summed E-state index contributed by atoms with van der Waals surface area (Å²) in [5, 5.41) is 5.34. The smallest absolute Gasteiger partial charge is 0.234 e. The van der Waals surface area contributed by atoms with E-state index in [1.807, 2.05) is 0 Å². The number of amides is 2. The predicted octanol–water partition coefficient (Wildman–Crippen LogP) is 3.52. The first-order valence-electron chi connectivity index (χ1n) is 8.15. The number of carbonyl (C=O) groups is 2. The molecule has 2 aromatic rings. The van der Waals surface area contributed by atoms with E-state index in [-0.39, 0.29) is 28.9 Å². The van der Waals surface area contributed by atoms with Crippen LogP contribution in [0.15, 0.2) is 42.5 Å². The van der Waals surface area contributed by atoms with Crippen molar-refractivity contribution in [3.63, 3.8) is 0 Å². The maximum absolute atomic E-state index is 13.7. The van der Waals surface area contributed by atoms with Gasteiger partial charge in [0.05, 0.1) is 24.7 Å². The van der Waals surface area contributed by atoms with Crippen molar-refractivity contribution < 1.29 is 23.1 Å². The summed E-state index contributed by atoms with van der Waals surface area (Å²) >= 11 is 1.14. The normalized spacial score (nSPS) is 11.6. The topological polar surface area (TPSA) is 67.4 Å². The summed E-state index contributed by atoms with van der Waals surface area (Å²) in [5.74, 6) is -1.14. The van der Waals surface area contributed by atoms with Gasteiger partial charge in [-0.1, -0.05) is 6.07 Å². The molecule has 0 saturated heterocycles. The first-order valence-corrected chi connectivity index (χ1v) is 9.30. The maximum atomic E-state index is 13.7. The highest BCUT2D eigenvalue weighted by atomic mass is 32.2. The number of nitrogens with one attached hydrogen (secondary N) is 2. The number of thioether (sulfide) groups is 1. The fourth-order valence-corrected chi connectivity index (χ4v) is 2.95. The number of anilines is 1. The van der Waals surface area contributed by atoms with Crippen molar-refractivity contribution >= 4 is 29.3 Å². The van der Waals surface area contributed by atoms with Gasteiger partial charge >= 0.3 is 0 Å². The Hall–Kier alpha value is -2.61. The second-order valence-electron chi connectivity index (χ2n) is 5.72. The lowest BCUT2D eigenvalue weighted by atomic mass is 10.1. The largest absolute Gasteiger partial charge is 0.497 e. The van der Waals surface area contributed by atoms with Crippen LogP contribution in [0, 0.1) is 11.6 Å². The van der Waals surface area contributed by atoms with Crippen molar-refractivity contribution in [3.05, 3.63) is 59.7 Å². The first kappa shape index (κ1) is 20.7. The van der Waals surface area contributed by atoms with Gasteiger partial charge in [-0.2, -0.15) is 0 Å². The molecule has 0 bridgehead atoms. The molecular formula is C19H20F2N2O3S. The molecule has 0 fully saturated rings. The van der Waals surface area contributed by atoms with Crippen LogP contribution in [-0.4, -0.2) is 30.4 Å². The zero-order chi connectivity index (χ0) is 19.8. The molecule has 0 radical (unpaired) electrons. The van der Waals surface area contributed by atoms with E-state index in [0.29, 0.717) is 11.4 Å². The molecule has 5 nitrogen and oxygen atoms in total. The van der Waals surface area contributed by atoms with E-state index in [1.165, 1.54) is 6.07 Å². The van der Waals surface area contributed by atoms with Gasteiger partial charge < -0.3 is 15.4 Å². The molecule has 0 aromatic heterocycles. The van der Waals surface area contributed by atoms with E-state index in [4.69, 9.17) is 4.74 Å². The number of methoxy groups -OCH3 is 1. The van der Waals surface area contributed by atoms with Gasteiger partial charge in [-0.05, 0) is 37.3 Å². The number of hydrogen-bond donors (Lipinski definition) is 2. The summed E-state index contributed by atoms with van der Waals surface area (Å²) in [6.07, 6.45) is 0. The van der Waals surface area contributed by atoms with Gasteiger partial charge in [0.25, 0.3) is 0 Å². The molecule has 27 heavy (non-hydrogen) atoms. The summed E-state index contributed by atoms with van der Waals surface area (Å²) in [5.41, 5.74) is 0.832. The minimum atomic E-state index is -0.714. The van der Waals surface area contributed by atoms with Gasteiger partial charge in [-0.3, -0.25) is 9.59 Å². The highest BCUT2D eigenvalue weighted by Gasteiger charge is 2.14. The number of carbonyl (C=O) groups excluding carboxylic acids is 2. The zero-order valence-electron chi connectivity index (χ0n) is 14.9. The number of ether oxygens (including phenoxy) is 1. The van der Waals surface area contributed by atoms with Crippen LogP contribution >= 0.6 is 11.8 Å². The SMILES string of the molecule is COc1ccc(NC(=O)CSCC(=O)NC(C)c2ccc(F)cc2F)cc1. The number of halogens is 2. The molecule has 0 heterocycles. The van der Waals surface area contributed by atoms with E-state index >= 15 is 0 Å². The van der Waals surface area contributed by atoms with Crippen LogP contribution in [0.5, 0.6) is 5.75 Å². The Morgan fingerprint density at radius 3 is 2.37 bits per heavy atom. The first-order chi connectivity index (χ1) is 12.9. The summed E-state index contributed by atoms with van der Waals surface area (Å²) in [6, 6.07) is 9.49. The molecule has 0 aliphatic heterocycles. The fourth-order valence-electron chi connectivity index (χ4n) is 2.32. The van der Waals surface area contributed by atoms with Crippen molar-refractivity contribution in [1.82, 2.24) is 5.32 Å². The summed E-state index contributed by atoms with van der Waals surface area (Å²) < 4.78 is 31.7. The Morgan fingerprint density at radius 1 is 1.07 bits per heavy atom. The second-order valence-corrected chi connectivity index (χ2v) is 6.71. The highest BCUT2D eigenvalue weighted by Crippen LogP contribution is 2.18. The molecule has 0 spiro atoms. The van der Waals surface area contributed by atoms with Gasteiger partial charge in [0.2, 0.25) is 11.8 Å². The molecule has 8 heteroatoms. The summed E-state index contributed by atoms with van der Waals surface area (Å²) in [4.78, 5) is 23.8. The third kappa shape index (κ3) is 6.56. The molecule has 2 N–H and O–H groups in total. The van der Waals surface area contributed by atoms with Gasteiger partial charge in [0.15, 0.2) is 0 Å². The van der Waals surface area contributed by atoms with Crippen LogP contribution in [-0.2, 0) is 9.59 Å². The van der Waals surface area contributed by atoms with E-state index in [1.54, 1.807) is 38.3 Å². The van der Waals surface area contributed by atoms with Crippen molar-refractivity contribution in [2.45, 2.75) is 13.0 Å². The van der Waals surface area contributed by atoms with Gasteiger partial charge in [0, 0.05) is 17.3 Å². The monoisotopic (exact) mass is 394 g/mol. The molecule has 0 aliphatic carbocycles. The molecule has 0 saturated carbocycles.